The minimum Gasteiger partial charge on any atom is -0.396 e. The quantitative estimate of drug-likeness (QED) is 0.522. The average molecular weight is 463 g/mol. The highest BCUT2D eigenvalue weighted by atomic mass is 16.5. The van der Waals surface area contributed by atoms with Gasteiger partial charge in [0.05, 0.1) is 18.0 Å². The summed E-state index contributed by atoms with van der Waals surface area (Å²) < 4.78 is 0. The van der Waals surface area contributed by atoms with Gasteiger partial charge in [-0.3, -0.25) is 4.99 Å². The fourth-order valence-corrected chi connectivity index (χ4v) is 4.57. The number of rotatable bonds is 4. The zero-order valence-electron chi connectivity index (χ0n) is 20.1. The Morgan fingerprint density at radius 2 is 1.82 bits per heavy atom. The first kappa shape index (κ1) is 24.1. The summed E-state index contributed by atoms with van der Waals surface area (Å²) in [5.41, 5.74) is 4.35. The molecule has 1 saturated carbocycles. The van der Waals surface area contributed by atoms with Crippen LogP contribution < -0.4 is 5.32 Å². The van der Waals surface area contributed by atoms with E-state index in [1.165, 1.54) is 30.2 Å². The number of nitrogens with one attached hydrogen (secondary N) is 1. The Bertz CT molecular complexity index is 1150. The molecule has 2 unspecified atom stereocenters. The number of allylic oxidation sites excluding steroid dienone is 2. The van der Waals surface area contributed by atoms with Crippen molar-refractivity contribution in [2.45, 2.75) is 51.9 Å². The summed E-state index contributed by atoms with van der Waals surface area (Å²) in [5, 5.41) is 38.7. The third-order valence-corrected chi connectivity index (χ3v) is 6.16. The highest BCUT2D eigenvalue weighted by Crippen LogP contribution is 2.29. The van der Waals surface area contributed by atoms with Crippen LogP contribution >= 0.6 is 0 Å². The molecule has 2 atom stereocenters. The highest BCUT2D eigenvalue weighted by Gasteiger charge is 2.27. The number of aryl methyl sites for hydroxylation is 1. The maximum Gasteiger partial charge on any atom is 0.156 e. The summed E-state index contributed by atoms with van der Waals surface area (Å²) in [6.07, 6.45) is 9.12. The zero-order valence-corrected chi connectivity index (χ0v) is 20.1. The van der Waals surface area contributed by atoms with Crippen molar-refractivity contribution in [3.8, 4) is 0 Å². The van der Waals surface area contributed by atoms with Crippen LogP contribution in [0.2, 0.25) is 0 Å². The van der Waals surface area contributed by atoms with E-state index in [0.29, 0.717) is 18.5 Å². The van der Waals surface area contributed by atoms with E-state index in [2.05, 4.69) is 59.7 Å². The second-order valence-electron chi connectivity index (χ2n) is 9.68. The van der Waals surface area contributed by atoms with E-state index in [1.54, 1.807) is 0 Å². The SMILES string of the molecule is CC(C)(O)O.Cc1ccc(C2=NN3CC(=C2)N=CC=C3NC2CCC(CO)C2)c2ccccc12. The number of aliphatic imine (C=N–C) groups is 1. The van der Waals surface area contributed by atoms with Gasteiger partial charge in [-0.25, -0.2) is 5.01 Å². The minimum absolute atomic E-state index is 0.276. The molecule has 4 N–H and O–H groups in total. The normalized spacial score (nSPS) is 21.8. The van der Waals surface area contributed by atoms with E-state index in [0.717, 1.165) is 42.1 Å². The molecule has 34 heavy (non-hydrogen) atoms. The number of benzene rings is 2. The molecule has 0 spiro atoms. The summed E-state index contributed by atoms with van der Waals surface area (Å²) in [6.45, 7) is 5.68. The number of fused-ring (bicyclic) bond motifs is 3. The Kier molecular flexibility index (Phi) is 7.16. The lowest BCUT2D eigenvalue weighted by Gasteiger charge is -2.28. The van der Waals surface area contributed by atoms with Crippen molar-refractivity contribution in [1.29, 1.82) is 0 Å². The number of hydrazone groups is 1. The van der Waals surface area contributed by atoms with Crippen LogP contribution in [-0.2, 0) is 0 Å². The first-order chi connectivity index (χ1) is 16.2. The predicted octanol–water partition coefficient (Wildman–Crippen LogP) is 3.44. The van der Waals surface area contributed by atoms with Gasteiger partial charge < -0.3 is 20.6 Å². The molecule has 2 aromatic rings. The summed E-state index contributed by atoms with van der Waals surface area (Å²) in [4.78, 5) is 4.63. The van der Waals surface area contributed by atoms with E-state index < -0.39 is 5.79 Å². The Labute approximate surface area is 200 Å². The van der Waals surface area contributed by atoms with Gasteiger partial charge in [-0.05, 0) is 74.4 Å². The largest absolute Gasteiger partial charge is 0.396 e. The number of hydrogen-bond acceptors (Lipinski definition) is 7. The number of nitrogens with zero attached hydrogens (tertiary/aromatic N) is 3. The van der Waals surface area contributed by atoms with Crippen LogP contribution in [0.3, 0.4) is 0 Å². The molecule has 0 radical (unpaired) electrons. The van der Waals surface area contributed by atoms with Crippen molar-refractivity contribution in [2.24, 2.45) is 16.0 Å². The molecule has 0 aromatic heterocycles. The second-order valence-corrected chi connectivity index (χ2v) is 9.68. The minimum atomic E-state index is -1.50. The Hall–Kier alpha value is -3.00. The zero-order chi connectivity index (χ0) is 24.3. The van der Waals surface area contributed by atoms with E-state index in [4.69, 9.17) is 15.3 Å². The molecule has 7 heteroatoms. The second kappa shape index (κ2) is 10.1. The van der Waals surface area contributed by atoms with Crippen molar-refractivity contribution in [1.82, 2.24) is 10.3 Å². The summed E-state index contributed by atoms with van der Waals surface area (Å²) in [7, 11) is 0. The van der Waals surface area contributed by atoms with Crippen LogP contribution in [0.1, 0.15) is 44.2 Å². The molecule has 5 rings (SSSR count). The van der Waals surface area contributed by atoms with Gasteiger partial charge in [-0.1, -0.05) is 36.4 Å². The fraction of sp³-hybridized carbons (Fsp3) is 0.407. The van der Waals surface area contributed by atoms with Gasteiger partial charge in [-0.2, -0.15) is 5.10 Å². The topological polar surface area (TPSA) is 101 Å². The standard InChI is InChI=1S/C24H26N4O.C3H8O2/c1-16-6-9-22(21-5-3-2-4-20(16)21)23-13-19-14-28(27-23)24(10-11-25-19)26-18-8-7-17(12-18)15-29;1-3(2,4)5/h2-6,9-11,13,17-18,26,29H,7-8,12,14-15H2,1H3;4-5H,1-2H3. The molecule has 1 fully saturated rings. The van der Waals surface area contributed by atoms with Crippen molar-refractivity contribution in [2.75, 3.05) is 13.2 Å². The lowest BCUT2D eigenvalue weighted by Crippen LogP contribution is -2.36. The van der Waals surface area contributed by atoms with Gasteiger partial charge in [0.15, 0.2) is 5.79 Å². The molecule has 0 saturated heterocycles. The van der Waals surface area contributed by atoms with Crippen LogP contribution in [0.5, 0.6) is 0 Å². The highest BCUT2D eigenvalue weighted by molar-refractivity contribution is 6.17. The van der Waals surface area contributed by atoms with Crippen LogP contribution in [0, 0.1) is 12.8 Å². The molecule has 7 nitrogen and oxygen atoms in total. The Morgan fingerprint density at radius 1 is 1.09 bits per heavy atom. The first-order valence-corrected chi connectivity index (χ1v) is 11.8. The van der Waals surface area contributed by atoms with Gasteiger partial charge in [0.25, 0.3) is 0 Å². The van der Waals surface area contributed by atoms with Gasteiger partial charge in [0, 0.05) is 24.4 Å². The molecular weight excluding hydrogens is 428 g/mol. The predicted molar refractivity (Wildman–Crippen MR) is 136 cm³/mol. The summed E-state index contributed by atoms with van der Waals surface area (Å²) in [6, 6.07) is 13.2. The molecule has 2 bridgehead atoms. The summed E-state index contributed by atoms with van der Waals surface area (Å²) >= 11 is 0. The van der Waals surface area contributed by atoms with Crippen molar-refractivity contribution in [3.05, 3.63) is 71.2 Å². The van der Waals surface area contributed by atoms with Gasteiger partial charge in [0.1, 0.15) is 5.82 Å². The average Bonchev–Trinajstić information content (AvgIpc) is 3.20. The van der Waals surface area contributed by atoms with Crippen molar-refractivity contribution in [3.63, 3.8) is 0 Å². The van der Waals surface area contributed by atoms with E-state index in [-0.39, 0.29) is 6.61 Å². The molecule has 0 amide bonds. The number of hydrogen-bond donors (Lipinski definition) is 4. The number of aliphatic hydroxyl groups excluding tert-OH is 1. The smallest absolute Gasteiger partial charge is 0.156 e. The van der Waals surface area contributed by atoms with Gasteiger partial charge >= 0.3 is 0 Å². The van der Waals surface area contributed by atoms with E-state index in [9.17, 15) is 5.11 Å². The third kappa shape index (κ3) is 5.91. The van der Waals surface area contributed by atoms with Crippen molar-refractivity contribution >= 4 is 22.7 Å². The molecular formula is C27H34N4O3. The lowest BCUT2D eigenvalue weighted by atomic mass is 9.97. The fourth-order valence-electron chi connectivity index (χ4n) is 4.57. The van der Waals surface area contributed by atoms with Crippen LogP contribution in [-0.4, -0.2) is 57.2 Å². The monoisotopic (exact) mass is 462 g/mol. The maximum absolute atomic E-state index is 9.44. The summed E-state index contributed by atoms with van der Waals surface area (Å²) in [5.74, 6) is -0.114. The lowest BCUT2D eigenvalue weighted by molar-refractivity contribution is -0.127. The van der Waals surface area contributed by atoms with Crippen molar-refractivity contribution < 1.29 is 15.3 Å². The van der Waals surface area contributed by atoms with E-state index in [1.807, 2.05) is 17.3 Å². The van der Waals surface area contributed by atoms with Gasteiger partial charge in [-0.15, -0.1) is 0 Å². The number of aliphatic hydroxyl groups is 3. The maximum atomic E-state index is 9.44. The van der Waals surface area contributed by atoms with Crippen LogP contribution in [0.15, 0.2) is 70.2 Å². The molecule has 1 aliphatic carbocycles. The molecule has 2 aliphatic heterocycles. The van der Waals surface area contributed by atoms with Gasteiger partial charge in [0.2, 0.25) is 0 Å². The third-order valence-electron chi connectivity index (χ3n) is 6.16. The molecule has 2 aromatic carbocycles. The molecule has 3 aliphatic rings. The van der Waals surface area contributed by atoms with Crippen LogP contribution in [0.4, 0.5) is 0 Å². The first-order valence-electron chi connectivity index (χ1n) is 11.8. The molecule has 2 heterocycles. The molecule has 180 valence electrons. The Balaban J connectivity index is 0.000000499. The Morgan fingerprint density at radius 3 is 2.53 bits per heavy atom. The van der Waals surface area contributed by atoms with E-state index >= 15 is 0 Å². The van der Waals surface area contributed by atoms with Crippen LogP contribution in [0.25, 0.3) is 10.8 Å².